The first-order chi connectivity index (χ1) is 20.3. The van der Waals surface area contributed by atoms with Crippen LogP contribution in [0.15, 0.2) is 91.1 Å². The highest BCUT2D eigenvalue weighted by molar-refractivity contribution is 5.91. The van der Waals surface area contributed by atoms with Gasteiger partial charge in [0.15, 0.2) is 0 Å². The quantitative estimate of drug-likeness (QED) is 0.166. The molecule has 1 heterocycles. The van der Waals surface area contributed by atoms with Gasteiger partial charge in [-0.25, -0.2) is 0 Å². The fourth-order valence-corrected chi connectivity index (χ4v) is 4.85. The molecule has 0 aliphatic carbocycles. The van der Waals surface area contributed by atoms with Gasteiger partial charge in [-0.05, 0) is 48.4 Å². The summed E-state index contributed by atoms with van der Waals surface area (Å²) in [5, 5.41) is 10.1. The summed E-state index contributed by atoms with van der Waals surface area (Å²) < 4.78 is 5.52. The van der Waals surface area contributed by atoms with Crippen molar-refractivity contribution < 1.29 is 19.1 Å². The van der Waals surface area contributed by atoms with Crippen molar-refractivity contribution in [1.29, 1.82) is 0 Å². The van der Waals surface area contributed by atoms with E-state index in [1.165, 1.54) is 0 Å². The zero-order valence-electron chi connectivity index (χ0n) is 24.4. The highest BCUT2D eigenvalue weighted by Gasteiger charge is 2.29. The van der Waals surface area contributed by atoms with Crippen molar-refractivity contribution in [3.05, 3.63) is 108 Å². The number of ether oxygens (including phenoxy) is 1. The number of aromatic amines is 1. The normalized spacial score (nSPS) is 13.3. The second kappa shape index (κ2) is 15.0. The molecule has 2 amide bonds. The maximum absolute atomic E-state index is 13.8. The molecule has 4 N–H and O–H groups in total. The number of nitrogens with one attached hydrogen (secondary N) is 4. The average Bonchev–Trinajstić information content (AvgIpc) is 3.41. The minimum atomic E-state index is -0.792. The Morgan fingerprint density at radius 2 is 1.43 bits per heavy atom. The number of carbonyl (C=O) groups is 3. The van der Waals surface area contributed by atoms with Crippen molar-refractivity contribution in [2.24, 2.45) is 5.92 Å². The zero-order valence-corrected chi connectivity index (χ0v) is 24.4. The van der Waals surface area contributed by atoms with Gasteiger partial charge < -0.3 is 20.4 Å². The molecule has 0 fully saturated rings. The molecule has 4 aromatic rings. The number of amides is 2. The Balaban J connectivity index is 1.48. The zero-order chi connectivity index (χ0) is 29.9. The summed E-state index contributed by atoms with van der Waals surface area (Å²) in [7, 11) is 0. The van der Waals surface area contributed by atoms with E-state index < -0.39 is 24.1 Å². The van der Waals surface area contributed by atoms with Crippen LogP contribution in [0.25, 0.3) is 10.9 Å². The predicted molar refractivity (Wildman–Crippen MR) is 164 cm³/mol. The van der Waals surface area contributed by atoms with Crippen LogP contribution in [-0.4, -0.2) is 40.9 Å². The van der Waals surface area contributed by atoms with E-state index >= 15 is 0 Å². The largest absolute Gasteiger partial charge is 0.460 e. The molecule has 1 aromatic heterocycles. The molecule has 0 aliphatic heterocycles. The SMILES string of the molecule is CC(C)C[C@H](NC(=O)[C@H](Cc1c[nH]c2ccccc12)N[C@H](C)C(=O)OCc1ccccc1)C(=O)NCc1ccccc1. The standard InChI is InChI=1S/C34H40N4O4/c1-23(2)18-30(32(39)36-20-25-12-6-4-7-13-25)38-33(40)31(19-27-21-35-29-17-11-10-16-28(27)29)37-24(3)34(41)42-22-26-14-8-5-9-15-26/h4-17,21,23-24,30-31,35,37H,18-20,22H2,1-3H3,(H,36,39)(H,38,40)/t24-,30+,31+/m1/s1. The molecule has 0 unspecified atom stereocenters. The fourth-order valence-electron chi connectivity index (χ4n) is 4.85. The van der Waals surface area contributed by atoms with Crippen LogP contribution >= 0.6 is 0 Å². The van der Waals surface area contributed by atoms with Crippen molar-refractivity contribution in [3.8, 4) is 0 Å². The van der Waals surface area contributed by atoms with Crippen LogP contribution in [0.2, 0.25) is 0 Å². The lowest BCUT2D eigenvalue weighted by molar-refractivity contribution is -0.147. The van der Waals surface area contributed by atoms with E-state index in [-0.39, 0.29) is 24.3 Å². The lowest BCUT2D eigenvalue weighted by Gasteiger charge is -2.26. The Morgan fingerprint density at radius 1 is 0.786 bits per heavy atom. The number of aromatic nitrogens is 1. The van der Waals surface area contributed by atoms with Crippen LogP contribution in [0.1, 0.15) is 43.9 Å². The fraction of sp³-hybridized carbons (Fsp3) is 0.324. The van der Waals surface area contributed by atoms with Gasteiger partial charge in [0.25, 0.3) is 0 Å². The van der Waals surface area contributed by atoms with E-state index in [0.717, 1.165) is 27.6 Å². The molecule has 0 saturated heterocycles. The average molecular weight is 569 g/mol. The van der Waals surface area contributed by atoms with Gasteiger partial charge in [0.05, 0.1) is 6.04 Å². The first-order valence-corrected chi connectivity index (χ1v) is 14.4. The van der Waals surface area contributed by atoms with Crippen LogP contribution in [0.3, 0.4) is 0 Å². The van der Waals surface area contributed by atoms with E-state index in [1.54, 1.807) is 6.92 Å². The third-order valence-electron chi connectivity index (χ3n) is 7.09. The van der Waals surface area contributed by atoms with Gasteiger partial charge in [0.2, 0.25) is 11.8 Å². The molecular weight excluding hydrogens is 528 g/mol. The molecule has 4 rings (SSSR count). The maximum Gasteiger partial charge on any atom is 0.323 e. The lowest BCUT2D eigenvalue weighted by Crippen LogP contribution is -2.56. The number of rotatable bonds is 14. The highest BCUT2D eigenvalue weighted by Crippen LogP contribution is 2.20. The second-order valence-electron chi connectivity index (χ2n) is 11.0. The molecule has 3 aromatic carbocycles. The van der Waals surface area contributed by atoms with E-state index in [1.807, 2.05) is 105 Å². The molecule has 0 spiro atoms. The Kier molecular flexibility index (Phi) is 10.9. The summed E-state index contributed by atoms with van der Waals surface area (Å²) in [4.78, 5) is 43.2. The van der Waals surface area contributed by atoms with E-state index in [4.69, 9.17) is 4.74 Å². The topological polar surface area (TPSA) is 112 Å². The van der Waals surface area contributed by atoms with Gasteiger partial charge in [0, 0.05) is 23.6 Å². The number of esters is 1. The molecule has 42 heavy (non-hydrogen) atoms. The van der Waals surface area contributed by atoms with Crippen molar-refractivity contribution >= 4 is 28.7 Å². The molecule has 0 saturated carbocycles. The van der Waals surface area contributed by atoms with Crippen LogP contribution in [-0.2, 0) is 38.7 Å². The van der Waals surface area contributed by atoms with Gasteiger partial charge in [-0.1, -0.05) is 92.7 Å². The van der Waals surface area contributed by atoms with Crippen LogP contribution in [0.5, 0.6) is 0 Å². The van der Waals surface area contributed by atoms with Crippen LogP contribution in [0, 0.1) is 5.92 Å². The van der Waals surface area contributed by atoms with Crippen LogP contribution < -0.4 is 16.0 Å². The second-order valence-corrected chi connectivity index (χ2v) is 11.0. The molecule has 8 heteroatoms. The minimum Gasteiger partial charge on any atom is -0.460 e. The van der Waals surface area contributed by atoms with Gasteiger partial charge in [-0.2, -0.15) is 0 Å². The van der Waals surface area contributed by atoms with E-state index in [0.29, 0.717) is 19.4 Å². The Morgan fingerprint density at radius 3 is 2.12 bits per heavy atom. The maximum atomic E-state index is 13.8. The molecule has 0 aliphatic rings. The number of H-pyrrole nitrogens is 1. The van der Waals surface area contributed by atoms with Gasteiger partial charge in [-0.15, -0.1) is 0 Å². The first-order valence-electron chi connectivity index (χ1n) is 14.4. The molecule has 220 valence electrons. The molecular formula is C34H40N4O4. The smallest absolute Gasteiger partial charge is 0.323 e. The van der Waals surface area contributed by atoms with Gasteiger partial charge in [-0.3, -0.25) is 19.7 Å². The summed E-state index contributed by atoms with van der Waals surface area (Å²) in [6.07, 6.45) is 2.66. The Bertz CT molecular complexity index is 1450. The van der Waals surface area contributed by atoms with Crippen molar-refractivity contribution in [2.45, 2.75) is 64.9 Å². The number of hydrogen-bond acceptors (Lipinski definition) is 5. The molecule has 3 atom stereocenters. The van der Waals surface area contributed by atoms with Gasteiger partial charge >= 0.3 is 5.97 Å². The molecule has 0 radical (unpaired) electrons. The summed E-state index contributed by atoms with van der Waals surface area (Å²) >= 11 is 0. The predicted octanol–water partition coefficient (Wildman–Crippen LogP) is 4.65. The molecule has 8 nitrogen and oxygen atoms in total. The lowest BCUT2D eigenvalue weighted by atomic mass is 10.00. The Labute approximate surface area is 247 Å². The molecule has 0 bridgehead atoms. The summed E-state index contributed by atoms with van der Waals surface area (Å²) in [6, 6.07) is 24.7. The van der Waals surface area contributed by atoms with Gasteiger partial charge in [0.1, 0.15) is 18.7 Å². The first kappa shape index (κ1) is 30.5. The Hall–Kier alpha value is -4.43. The highest BCUT2D eigenvalue weighted by atomic mass is 16.5. The summed E-state index contributed by atoms with van der Waals surface area (Å²) in [5.74, 6) is -0.898. The van der Waals surface area contributed by atoms with Crippen LogP contribution in [0.4, 0.5) is 0 Å². The monoisotopic (exact) mass is 568 g/mol. The third-order valence-corrected chi connectivity index (χ3v) is 7.09. The number of benzene rings is 3. The van der Waals surface area contributed by atoms with E-state index in [2.05, 4.69) is 20.9 Å². The van der Waals surface area contributed by atoms with E-state index in [9.17, 15) is 14.4 Å². The number of hydrogen-bond donors (Lipinski definition) is 4. The summed E-state index contributed by atoms with van der Waals surface area (Å²) in [6.45, 7) is 6.21. The third kappa shape index (κ3) is 8.78. The summed E-state index contributed by atoms with van der Waals surface area (Å²) in [5.41, 5.74) is 3.74. The minimum absolute atomic E-state index is 0.142. The van der Waals surface area contributed by atoms with Crippen molar-refractivity contribution in [3.63, 3.8) is 0 Å². The number of para-hydroxylation sites is 1. The van der Waals surface area contributed by atoms with Crippen molar-refractivity contribution in [1.82, 2.24) is 20.9 Å². The number of fused-ring (bicyclic) bond motifs is 1. The van der Waals surface area contributed by atoms with Crippen molar-refractivity contribution in [2.75, 3.05) is 0 Å². The number of carbonyl (C=O) groups excluding carboxylic acids is 3.